The molecule has 1 aromatic carbocycles. The van der Waals surface area contributed by atoms with Gasteiger partial charge in [-0.1, -0.05) is 25.1 Å². The summed E-state index contributed by atoms with van der Waals surface area (Å²) in [4.78, 5) is 15.5. The summed E-state index contributed by atoms with van der Waals surface area (Å²) in [5, 5.41) is 7.88. The van der Waals surface area contributed by atoms with E-state index in [-0.39, 0.29) is 0 Å². The minimum atomic E-state index is 0.645. The molecule has 0 aliphatic carbocycles. The molecule has 1 aliphatic heterocycles. The maximum atomic E-state index is 4.68. The lowest BCUT2D eigenvalue weighted by atomic mass is 10.2. The van der Waals surface area contributed by atoms with Crippen LogP contribution >= 0.6 is 11.3 Å². The predicted molar refractivity (Wildman–Crippen MR) is 129 cm³/mol. The Morgan fingerprint density at radius 1 is 1.07 bits per heavy atom. The minimum Gasteiger partial charge on any atom is -0.369 e. The van der Waals surface area contributed by atoms with Crippen molar-refractivity contribution >= 4 is 23.0 Å². The maximum absolute atomic E-state index is 4.68. The fraction of sp³-hybridized carbons (Fsp3) is 0.565. The van der Waals surface area contributed by atoms with E-state index in [0.717, 1.165) is 63.1 Å². The van der Waals surface area contributed by atoms with Crippen LogP contribution in [0.15, 0.2) is 41.5 Å². The molecule has 1 saturated heterocycles. The predicted octanol–water partition coefficient (Wildman–Crippen LogP) is 3.36. The van der Waals surface area contributed by atoms with E-state index < -0.39 is 0 Å². The van der Waals surface area contributed by atoms with Crippen LogP contribution in [0.1, 0.15) is 36.6 Å². The topological polar surface area (TPSA) is 55.8 Å². The first-order chi connectivity index (χ1) is 14.8. The third kappa shape index (κ3) is 7.29. The Morgan fingerprint density at radius 2 is 1.87 bits per heavy atom. The van der Waals surface area contributed by atoms with E-state index in [2.05, 4.69) is 74.6 Å². The van der Waals surface area contributed by atoms with Crippen molar-refractivity contribution in [2.45, 2.75) is 39.7 Å². The van der Waals surface area contributed by atoms with Crippen LogP contribution in [0.3, 0.4) is 0 Å². The van der Waals surface area contributed by atoms with Crippen molar-refractivity contribution in [3.63, 3.8) is 0 Å². The number of aryl methyl sites for hydroxylation is 1. The molecule has 0 saturated carbocycles. The number of piperazine rings is 1. The lowest BCUT2D eigenvalue weighted by molar-refractivity contribution is 0.253. The summed E-state index contributed by atoms with van der Waals surface area (Å²) in [6, 6.07) is 10.8. The van der Waals surface area contributed by atoms with Gasteiger partial charge in [-0.3, -0.25) is 4.90 Å². The normalized spacial score (nSPS) is 15.4. The lowest BCUT2D eigenvalue weighted by Crippen LogP contribution is -2.46. The fourth-order valence-electron chi connectivity index (χ4n) is 3.61. The number of thiazole rings is 1. The Kier molecular flexibility index (Phi) is 9.44. The van der Waals surface area contributed by atoms with Crippen molar-refractivity contribution in [2.75, 3.05) is 50.7 Å². The molecule has 7 heteroatoms. The van der Waals surface area contributed by atoms with E-state index in [1.807, 2.05) is 6.20 Å². The fourth-order valence-corrected chi connectivity index (χ4v) is 4.40. The molecule has 6 nitrogen and oxygen atoms in total. The number of benzene rings is 1. The van der Waals surface area contributed by atoms with E-state index in [1.54, 1.807) is 11.3 Å². The van der Waals surface area contributed by atoms with Crippen molar-refractivity contribution in [1.82, 2.24) is 20.5 Å². The van der Waals surface area contributed by atoms with Gasteiger partial charge in [-0.05, 0) is 44.9 Å². The van der Waals surface area contributed by atoms with Crippen LogP contribution in [-0.2, 0) is 13.0 Å². The van der Waals surface area contributed by atoms with E-state index in [1.165, 1.54) is 23.5 Å². The van der Waals surface area contributed by atoms with Gasteiger partial charge in [0.15, 0.2) is 5.96 Å². The third-order valence-corrected chi connectivity index (χ3v) is 6.48. The highest BCUT2D eigenvalue weighted by atomic mass is 32.1. The summed E-state index contributed by atoms with van der Waals surface area (Å²) in [5.41, 5.74) is 1.35. The van der Waals surface area contributed by atoms with Crippen molar-refractivity contribution < 1.29 is 0 Å². The Hall–Kier alpha value is -2.12. The number of unbranched alkanes of at least 4 members (excludes halogenated alkanes) is 1. The number of anilines is 1. The minimum absolute atomic E-state index is 0.645. The average Bonchev–Trinajstić information content (AvgIpc) is 3.26. The van der Waals surface area contributed by atoms with Gasteiger partial charge in [0, 0.05) is 56.0 Å². The number of aliphatic imine (C=N–C) groups is 1. The van der Waals surface area contributed by atoms with Crippen LogP contribution in [0.25, 0.3) is 0 Å². The molecule has 0 spiro atoms. The SMILES string of the molecule is CCNC(=NCc1ncc(CC)s1)NCCCCN1CCN(c2ccccc2)CC1. The molecule has 3 rings (SSSR count). The van der Waals surface area contributed by atoms with E-state index in [4.69, 9.17) is 0 Å². The van der Waals surface area contributed by atoms with Crippen LogP contribution < -0.4 is 15.5 Å². The highest BCUT2D eigenvalue weighted by Crippen LogP contribution is 2.16. The molecule has 2 heterocycles. The first-order valence-electron chi connectivity index (χ1n) is 11.3. The molecule has 0 amide bonds. The highest BCUT2D eigenvalue weighted by Gasteiger charge is 2.16. The number of rotatable bonds is 10. The van der Waals surface area contributed by atoms with Crippen molar-refractivity contribution in [3.8, 4) is 0 Å². The summed E-state index contributed by atoms with van der Waals surface area (Å²) < 4.78 is 0. The van der Waals surface area contributed by atoms with Gasteiger partial charge in [0.25, 0.3) is 0 Å². The molecule has 30 heavy (non-hydrogen) atoms. The maximum Gasteiger partial charge on any atom is 0.191 e. The molecule has 2 N–H and O–H groups in total. The standard InChI is InChI=1S/C23H36N6S/c1-3-21-18-26-22(30-21)19-27-23(24-4-2)25-12-8-9-13-28-14-16-29(17-15-28)20-10-6-5-7-11-20/h5-7,10-11,18H,3-4,8-9,12-17,19H2,1-2H3,(H2,24,25,27). The zero-order valence-electron chi connectivity index (χ0n) is 18.4. The number of nitrogens with zero attached hydrogens (tertiary/aromatic N) is 4. The quantitative estimate of drug-likeness (QED) is 0.345. The first kappa shape index (κ1) is 22.6. The zero-order valence-corrected chi connectivity index (χ0v) is 19.3. The summed E-state index contributed by atoms with van der Waals surface area (Å²) >= 11 is 1.76. The van der Waals surface area contributed by atoms with Gasteiger partial charge in [0.05, 0.1) is 6.54 Å². The van der Waals surface area contributed by atoms with Crippen LogP contribution in [0, 0.1) is 0 Å². The van der Waals surface area contributed by atoms with Crippen LogP contribution in [0.5, 0.6) is 0 Å². The zero-order chi connectivity index (χ0) is 21.0. The Bertz CT molecular complexity index is 752. The van der Waals surface area contributed by atoms with Gasteiger partial charge in [0.2, 0.25) is 0 Å². The number of para-hydroxylation sites is 1. The van der Waals surface area contributed by atoms with E-state index in [9.17, 15) is 0 Å². The summed E-state index contributed by atoms with van der Waals surface area (Å²) in [5.74, 6) is 0.891. The highest BCUT2D eigenvalue weighted by molar-refractivity contribution is 7.11. The summed E-state index contributed by atoms with van der Waals surface area (Å²) in [6.45, 7) is 12.5. The molecular formula is C23H36N6S. The monoisotopic (exact) mass is 428 g/mol. The van der Waals surface area contributed by atoms with Gasteiger partial charge < -0.3 is 15.5 Å². The number of hydrogen-bond acceptors (Lipinski definition) is 5. The second-order valence-electron chi connectivity index (χ2n) is 7.57. The molecule has 0 radical (unpaired) electrons. The number of guanidine groups is 1. The molecule has 2 aromatic rings. The summed E-state index contributed by atoms with van der Waals surface area (Å²) in [7, 11) is 0. The van der Waals surface area contributed by atoms with Crippen LogP contribution in [0.2, 0.25) is 0 Å². The molecule has 164 valence electrons. The third-order valence-electron chi connectivity index (χ3n) is 5.35. The van der Waals surface area contributed by atoms with Crippen molar-refractivity contribution in [1.29, 1.82) is 0 Å². The number of hydrogen-bond donors (Lipinski definition) is 2. The van der Waals surface area contributed by atoms with Crippen LogP contribution in [-0.4, -0.2) is 61.7 Å². The Labute approximate surface area is 185 Å². The number of nitrogens with one attached hydrogen (secondary N) is 2. The Balaban J connectivity index is 1.31. The smallest absolute Gasteiger partial charge is 0.191 e. The van der Waals surface area contributed by atoms with Gasteiger partial charge in [-0.25, -0.2) is 9.98 Å². The largest absolute Gasteiger partial charge is 0.369 e. The summed E-state index contributed by atoms with van der Waals surface area (Å²) in [6.07, 6.45) is 5.38. The van der Waals surface area contributed by atoms with E-state index >= 15 is 0 Å². The first-order valence-corrected chi connectivity index (χ1v) is 12.1. The second kappa shape index (κ2) is 12.5. The van der Waals surface area contributed by atoms with Crippen molar-refractivity contribution in [2.24, 2.45) is 4.99 Å². The van der Waals surface area contributed by atoms with Crippen molar-refractivity contribution in [3.05, 3.63) is 46.4 Å². The van der Waals surface area contributed by atoms with Gasteiger partial charge >= 0.3 is 0 Å². The second-order valence-corrected chi connectivity index (χ2v) is 8.77. The van der Waals surface area contributed by atoms with Crippen LogP contribution in [0.4, 0.5) is 5.69 Å². The van der Waals surface area contributed by atoms with Gasteiger partial charge in [0.1, 0.15) is 5.01 Å². The number of aromatic nitrogens is 1. The van der Waals surface area contributed by atoms with Gasteiger partial charge in [-0.2, -0.15) is 0 Å². The van der Waals surface area contributed by atoms with Gasteiger partial charge in [-0.15, -0.1) is 11.3 Å². The Morgan fingerprint density at radius 3 is 2.57 bits per heavy atom. The molecule has 1 aliphatic rings. The molecule has 0 unspecified atom stereocenters. The van der Waals surface area contributed by atoms with E-state index in [0.29, 0.717) is 6.54 Å². The molecular weight excluding hydrogens is 392 g/mol. The molecule has 1 aromatic heterocycles. The lowest BCUT2D eigenvalue weighted by Gasteiger charge is -2.36. The molecule has 0 bridgehead atoms. The average molecular weight is 429 g/mol. The molecule has 1 fully saturated rings. The molecule has 0 atom stereocenters.